The lowest BCUT2D eigenvalue weighted by Crippen LogP contribution is -2.31. The summed E-state index contributed by atoms with van der Waals surface area (Å²) < 4.78 is 85.7. The van der Waals surface area contributed by atoms with Crippen molar-refractivity contribution in [3.05, 3.63) is 22.3 Å². The van der Waals surface area contributed by atoms with Gasteiger partial charge in [-0.25, -0.2) is 13.2 Å². The van der Waals surface area contributed by atoms with E-state index in [9.17, 15) is 26.0 Å². The lowest BCUT2D eigenvalue weighted by molar-refractivity contribution is 0.130. The average Bonchev–Trinajstić information content (AvgIpc) is 2.14. The molecule has 0 aromatic carbocycles. The number of hydrogen-bond donors (Lipinski definition) is 1. The summed E-state index contributed by atoms with van der Waals surface area (Å²) >= 11 is 0. The topological polar surface area (TPSA) is 63.6 Å². The van der Waals surface area contributed by atoms with Gasteiger partial charge in [-0.2, -0.15) is 12.8 Å². The number of allylic oxidation sites excluding steroid dienone is 4. The van der Waals surface area contributed by atoms with Crippen LogP contribution in [0.15, 0.2) is 22.3 Å². The first kappa shape index (κ1) is 13.0. The zero-order valence-electron chi connectivity index (χ0n) is 7.75. The first-order chi connectivity index (χ1) is 7.21. The molecule has 0 saturated carbocycles. The average molecular weight is 262 g/mol. The van der Waals surface area contributed by atoms with Gasteiger partial charge in [0.2, 0.25) is 5.83 Å². The Hall–Kier alpha value is -1.09. The van der Waals surface area contributed by atoms with Crippen molar-refractivity contribution in [2.75, 3.05) is 7.11 Å². The van der Waals surface area contributed by atoms with E-state index in [4.69, 9.17) is 4.55 Å². The SMILES string of the molecule is COC1=C(F)C(F)=C(S(=O)(=O)O)C(F)C1F. The normalized spacial score (nSPS) is 27.4. The zero-order valence-corrected chi connectivity index (χ0v) is 8.56. The minimum atomic E-state index is -5.36. The van der Waals surface area contributed by atoms with Crippen molar-refractivity contribution in [3.63, 3.8) is 0 Å². The van der Waals surface area contributed by atoms with E-state index in [-0.39, 0.29) is 0 Å². The van der Waals surface area contributed by atoms with E-state index < -0.39 is 44.8 Å². The molecule has 9 heteroatoms. The van der Waals surface area contributed by atoms with Crippen LogP contribution in [0.4, 0.5) is 17.6 Å². The molecule has 0 bridgehead atoms. The maximum atomic E-state index is 13.1. The molecular formula is C7H6F4O4S. The van der Waals surface area contributed by atoms with E-state index in [2.05, 4.69) is 4.74 Å². The quantitative estimate of drug-likeness (QED) is 0.606. The maximum absolute atomic E-state index is 13.1. The molecule has 0 aromatic heterocycles. The van der Waals surface area contributed by atoms with E-state index in [1.165, 1.54) is 0 Å². The molecule has 0 amide bonds. The van der Waals surface area contributed by atoms with Crippen LogP contribution in [0.1, 0.15) is 0 Å². The fourth-order valence-corrected chi connectivity index (χ4v) is 1.90. The van der Waals surface area contributed by atoms with Crippen molar-refractivity contribution in [1.82, 2.24) is 0 Å². The third-order valence-electron chi connectivity index (χ3n) is 1.88. The van der Waals surface area contributed by atoms with Crippen molar-refractivity contribution in [2.45, 2.75) is 12.3 Å². The van der Waals surface area contributed by atoms with Gasteiger partial charge in [0.1, 0.15) is 4.91 Å². The van der Waals surface area contributed by atoms with E-state index in [1.807, 2.05) is 0 Å². The van der Waals surface area contributed by atoms with Crippen LogP contribution in [-0.2, 0) is 14.9 Å². The Morgan fingerprint density at radius 1 is 1.19 bits per heavy atom. The molecule has 0 fully saturated rings. The van der Waals surface area contributed by atoms with E-state index in [0.29, 0.717) is 0 Å². The van der Waals surface area contributed by atoms with Crippen LogP contribution in [0, 0.1) is 0 Å². The monoisotopic (exact) mass is 262 g/mol. The second kappa shape index (κ2) is 4.06. The fraction of sp³-hybridized carbons (Fsp3) is 0.429. The van der Waals surface area contributed by atoms with Gasteiger partial charge in [-0.1, -0.05) is 0 Å². The van der Waals surface area contributed by atoms with Crippen molar-refractivity contribution in [1.29, 1.82) is 0 Å². The number of hydrogen-bond acceptors (Lipinski definition) is 3. The Morgan fingerprint density at radius 2 is 1.69 bits per heavy atom. The summed E-state index contributed by atoms with van der Waals surface area (Å²) in [4.78, 5) is -1.97. The van der Waals surface area contributed by atoms with Crippen molar-refractivity contribution >= 4 is 10.1 Å². The summed E-state index contributed by atoms with van der Waals surface area (Å²) in [6.07, 6.45) is -5.88. The molecule has 1 aliphatic carbocycles. The second-order valence-electron chi connectivity index (χ2n) is 2.84. The predicted octanol–water partition coefficient (Wildman–Crippen LogP) is 1.57. The van der Waals surface area contributed by atoms with Crippen LogP contribution in [0.3, 0.4) is 0 Å². The molecule has 0 spiro atoms. The number of rotatable bonds is 2. The molecule has 1 aliphatic rings. The Kier molecular flexibility index (Phi) is 3.29. The van der Waals surface area contributed by atoms with Gasteiger partial charge in [0.15, 0.2) is 23.9 Å². The summed E-state index contributed by atoms with van der Waals surface area (Å²) in [7, 11) is -4.60. The lowest BCUT2D eigenvalue weighted by atomic mass is 10.1. The van der Waals surface area contributed by atoms with Crippen LogP contribution in [0.5, 0.6) is 0 Å². The molecule has 16 heavy (non-hydrogen) atoms. The molecule has 0 saturated heterocycles. The van der Waals surface area contributed by atoms with Gasteiger partial charge in [0.25, 0.3) is 10.1 Å². The summed E-state index contributed by atoms with van der Waals surface area (Å²) in [6, 6.07) is 0. The highest BCUT2D eigenvalue weighted by Gasteiger charge is 2.45. The van der Waals surface area contributed by atoms with Gasteiger partial charge in [-0.3, -0.25) is 4.55 Å². The molecule has 92 valence electrons. The maximum Gasteiger partial charge on any atom is 0.296 e. The Morgan fingerprint density at radius 3 is 2.06 bits per heavy atom. The third kappa shape index (κ3) is 1.92. The van der Waals surface area contributed by atoms with E-state index in [0.717, 1.165) is 7.11 Å². The smallest absolute Gasteiger partial charge is 0.296 e. The third-order valence-corrected chi connectivity index (χ3v) is 2.84. The Balaban J connectivity index is 3.49. The van der Waals surface area contributed by atoms with Gasteiger partial charge >= 0.3 is 0 Å². The van der Waals surface area contributed by atoms with E-state index >= 15 is 0 Å². The van der Waals surface area contributed by atoms with Crippen LogP contribution < -0.4 is 0 Å². The van der Waals surface area contributed by atoms with E-state index in [1.54, 1.807) is 0 Å². The van der Waals surface area contributed by atoms with Gasteiger partial charge in [-0.05, 0) is 0 Å². The molecule has 1 N–H and O–H groups in total. The number of methoxy groups -OCH3 is 1. The van der Waals surface area contributed by atoms with Crippen molar-refractivity contribution in [2.24, 2.45) is 0 Å². The molecule has 2 unspecified atom stereocenters. The highest BCUT2D eigenvalue weighted by atomic mass is 32.2. The second-order valence-corrected chi connectivity index (χ2v) is 4.23. The standard InChI is InChI=1S/C7H6F4O4S/c1-15-6-2(8)4(10)7(16(12,13)14)5(11)3(6)9/h2,4H,1H3,(H,12,13,14). The summed E-state index contributed by atoms with van der Waals surface area (Å²) in [5.74, 6) is -5.48. The van der Waals surface area contributed by atoms with Gasteiger partial charge < -0.3 is 4.74 Å². The van der Waals surface area contributed by atoms with Gasteiger partial charge in [0.05, 0.1) is 7.11 Å². The minimum absolute atomic E-state index is 0.764. The van der Waals surface area contributed by atoms with Crippen LogP contribution in [-0.4, -0.2) is 32.4 Å². The molecule has 0 aromatic rings. The molecule has 2 atom stereocenters. The van der Waals surface area contributed by atoms with Crippen LogP contribution in [0.2, 0.25) is 0 Å². The molecule has 0 heterocycles. The Bertz CT molecular complexity index is 467. The van der Waals surface area contributed by atoms with Crippen LogP contribution in [0.25, 0.3) is 0 Å². The molecular weight excluding hydrogens is 256 g/mol. The van der Waals surface area contributed by atoms with Crippen molar-refractivity contribution in [3.8, 4) is 0 Å². The lowest BCUT2D eigenvalue weighted by Gasteiger charge is -2.22. The first-order valence-corrected chi connectivity index (χ1v) is 5.25. The summed E-state index contributed by atoms with van der Waals surface area (Å²) in [5, 5.41) is 0. The molecule has 1 rings (SSSR count). The van der Waals surface area contributed by atoms with Gasteiger partial charge in [-0.15, -0.1) is 0 Å². The summed E-state index contributed by atoms with van der Waals surface area (Å²) in [6.45, 7) is 0. The largest absolute Gasteiger partial charge is 0.495 e. The number of halogens is 4. The zero-order chi connectivity index (χ0) is 12.7. The number of alkyl halides is 2. The number of ether oxygens (including phenoxy) is 1. The first-order valence-electron chi connectivity index (χ1n) is 3.81. The highest BCUT2D eigenvalue weighted by Crippen LogP contribution is 2.38. The predicted molar refractivity (Wildman–Crippen MR) is 44.6 cm³/mol. The Labute approximate surface area is 87.9 Å². The fourth-order valence-electron chi connectivity index (χ4n) is 1.18. The summed E-state index contributed by atoms with van der Waals surface area (Å²) in [5.41, 5.74) is 0. The van der Waals surface area contributed by atoms with Gasteiger partial charge in [0, 0.05) is 0 Å². The molecule has 0 radical (unpaired) electrons. The molecule has 0 aliphatic heterocycles. The van der Waals surface area contributed by atoms with Crippen molar-refractivity contribution < 1.29 is 35.3 Å². The van der Waals surface area contributed by atoms with Crippen LogP contribution >= 0.6 is 0 Å². The minimum Gasteiger partial charge on any atom is -0.495 e. The molecule has 4 nitrogen and oxygen atoms in total. The highest BCUT2D eigenvalue weighted by molar-refractivity contribution is 7.89.